The first-order chi connectivity index (χ1) is 16.0. The predicted molar refractivity (Wildman–Crippen MR) is 132 cm³/mol. The summed E-state index contributed by atoms with van der Waals surface area (Å²) in [5, 5.41) is 11.3. The largest absolute Gasteiger partial charge is 0.494 e. The summed E-state index contributed by atoms with van der Waals surface area (Å²) in [7, 11) is 1.45. The van der Waals surface area contributed by atoms with Crippen molar-refractivity contribution in [3.05, 3.63) is 53.0 Å². The number of ketones is 1. The number of methoxy groups -OCH3 is 1. The molecule has 0 bridgehead atoms. The van der Waals surface area contributed by atoms with E-state index in [1.807, 2.05) is 42.7 Å². The van der Waals surface area contributed by atoms with E-state index in [1.54, 1.807) is 6.08 Å². The summed E-state index contributed by atoms with van der Waals surface area (Å²) in [5.74, 6) is 1.29. The molecule has 1 aromatic rings. The molecule has 6 heteroatoms. The van der Waals surface area contributed by atoms with Gasteiger partial charge in [0.2, 0.25) is 0 Å². The molecular formula is C27H36O5S. The summed E-state index contributed by atoms with van der Waals surface area (Å²) in [6.07, 6.45) is 13.2. The Bertz CT molecular complexity index is 855. The normalized spacial score (nSPS) is 26.3. The topological polar surface area (TPSA) is 72.8 Å². The summed E-state index contributed by atoms with van der Waals surface area (Å²) in [6.45, 7) is 0.584. The van der Waals surface area contributed by atoms with Crippen LogP contribution in [0.4, 0.5) is 0 Å². The average Bonchev–Trinajstić information content (AvgIpc) is 3.09. The van der Waals surface area contributed by atoms with E-state index in [0.29, 0.717) is 29.4 Å². The number of Topliss-reactive ketones (excluding diaryl/α,β-unsaturated/α-hetero) is 1. The van der Waals surface area contributed by atoms with Crippen LogP contribution in [-0.2, 0) is 14.3 Å². The van der Waals surface area contributed by atoms with Crippen LogP contribution in [-0.4, -0.2) is 42.4 Å². The Morgan fingerprint density at radius 2 is 1.91 bits per heavy atom. The fourth-order valence-electron chi connectivity index (χ4n) is 4.84. The number of esters is 1. The van der Waals surface area contributed by atoms with E-state index < -0.39 is 5.60 Å². The molecule has 33 heavy (non-hydrogen) atoms. The monoisotopic (exact) mass is 472 g/mol. The van der Waals surface area contributed by atoms with Crippen LogP contribution in [0.3, 0.4) is 0 Å². The number of ether oxygens (including phenoxy) is 2. The number of hydrogen-bond acceptors (Lipinski definition) is 6. The zero-order chi connectivity index (χ0) is 23.7. The highest BCUT2D eigenvalue weighted by atomic mass is 32.2. The van der Waals surface area contributed by atoms with Gasteiger partial charge in [0, 0.05) is 5.57 Å². The van der Waals surface area contributed by atoms with Gasteiger partial charge in [0.15, 0.2) is 5.78 Å². The number of allylic oxidation sites excluding steroid dienone is 2. The highest BCUT2D eigenvalue weighted by molar-refractivity contribution is 8.03. The van der Waals surface area contributed by atoms with Gasteiger partial charge in [-0.05, 0) is 88.2 Å². The first-order valence-electron chi connectivity index (χ1n) is 12.0. The molecule has 1 unspecified atom stereocenters. The molecule has 1 aromatic carbocycles. The van der Waals surface area contributed by atoms with Crippen LogP contribution >= 0.6 is 11.8 Å². The van der Waals surface area contributed by atoms with Gasteiger partial charge in [-0.15, -0.1) is 11.8 Å². The Kier molecular flexibility index (Phi) is 9.63. The zero-order valence-corrected chi connectivity index (χ0v) is 20.6. The van der Waals surface area contributed by atoms with Crippen LogP contribution in [0.15, 0.2) is 53.0 Å². The third-order valence-corrected chi connectivity index (χ3v) is 7.54. The molecule has 3 rings (SSSR count). The van der Waals surface area contributed by atoms with Crippen molar-refractivity contribution in [2.45, 2.75) is 63.4 Å². The number of carbonyl (C=O) groups is 2. The smallest absolute Gasteiger partial charge is 0.308 e. The van der Waals surface area contributed by atoms with Gasteiger partial charge in [-0.25, -0.2) is 0 Å². The Morgan fingerprint density at radius 3 is 2.58 bits per heavy atom. The highest BCUT2D eigenvalue weighted by Crippen LogP contribution is 2.39. The van der Waals surface area contributed by atoms with Gasteiger partial charge in [-0.2, -0.15) is 0 Å². The van der Waals surface area contributed by atoms with Gasteiger partial charge >= 0.3 is 5.97 Å². The van der Waals surface area contributed by atoms with Crippen molar-refractivity contribution in [1.82, 2.24) is 0 Å². The maximum atomic E-state index is 12.9. The Morgan fingerprint density at radius 1 is 1.18 bits per heavy atom. The van der Waals surface area contributed by atoms with Crippen LogP contribution in [0.5, 0.6) is 5.75 Å². The third-order valence-electron chi connectivity index (χ3n) is 6.79. The molecule has 0 amide bonds. The molecular weight excluding hydrogens is 436 g/mol. The highest BCUT2D eigenvalue weighted by Gasteiger charge is 2.41. The number of rotatable bonds is 11. The molecule has 2 aliphatic carbocycles. The van der Waals surface area contributed by atoms with E-state index in [-0.39, 0.29) is 17.7 Å². The quantitative estimate of drug-likeness (QED) is 0.261. The Hall–Kier alpha value is -2.05. The summed E-state index contributed by atoms with van der Waals surface area (Å²) in [6, 6.07) is 9.70. The number of aliphatic hydroxyl groups is 1. The van der Waals surface area contributed by atoms with Crippen molar-refractivity contribution < 1.29 is 24.2 Å². The molecule has 180 valence electrons. The minimum atomic E-state index is -1.19. The Balaban J connectivity index is 1.49. The van der Waals surface area contributed by atoms with Gasteiger partial charge in [0.05, 0.1) is 24.5 Å². The second-order valence-corrected chi connectivity index (χ2v) is 9.87. The zero-order valence-electron chi connectivity index (χ0n) is 19.8. The van der Waals surface area contributed by atoms with Crippen molar-refractivity contribution in [3.63, 3.8) is 0 Å². The maximum absolute atomic E-state index is 12.9. The molecule has 0 aliphatic heterocycles. The van der Waals surface area contributed by atoms with Gasteiger partial charge in [-0.1, -0.05) is 24.3 Å². The van der Waals surface area contributed by atoms with Crippen LogP contribution < -0.4 is 4.74 Å². The standard InChI is InChI=1S/C27H36O5S/c1-31-26(29)21-15-13-20(14-16-21)9-8-12-23-25(28)24(33-2)19-27(23,30)17-6-7-18-32-22-10-4-3-5-11-22/h3-5,10-12,19-21,30H,6-9,13-18H2,1-2H3/b23-12+. The molecule has 0 aromatic heterocycles. The van der Waals surface area contributed by atoms with Crippen molar-refractivity contribution >= 4 is 23.5 Å². The second-order valence-electron chi connectivity index (χ2n) is 9.02. The predicted octanol–water partition coefficient (Wildman–Crippen LogP) is 5.48. The van der Waals surface area contributed by atoms with Gasteiger partial charge < -0.3 is 14.6 Å². The van der Waals surface area contributed by atoms with E-state index in [0.717, 1.165) is 57.1 Å². The average molecular weight is 473 g/mol. The van der Waals surface area contributed by atoms with Crippen molar-refractivity contribution in [2.75, 3.05) is 20.0 Å². The van der Waals surface area contributed by atoms with E-state index in [2.05, 4.69) is 0 Å². The number of thioether (sulfide) groups is 1. The molecule has 0 radical (unpaired) electrons. The first-order valence-corrected chi connectivity index (χ1v) is 13.2. The van der Waals surface area contributed by atoms with Crippen molar-refractivity contribution in [1.29, 1.82) is 0 Å². The van der Waals surface area contributed by atoms with Crippen LogP contribution in [0, 0.1) is 11.8 Å². The first kappa shape index (κ1) is 25.6. The van der Waals surface area contributed by atoms with Gasteiger partial charge in [0.1, 0.15) is 11.4 Å². The lowest BCUT2D eigenvalue weighted by atomic mass is 9.79. The summed E-state index contributed by atoms with van der Waals surface area (Å²) in [4.78, 5) is 25.2. The van der Waals surface area contributed by atoms with Crippen molar-refractivity contribution in [3.8, 4) is 5.75 Å². The lowest BCUT2D eigenvalue weighted by molar-refractivity contribution is -0.146. The van der Waals surface area contributed by atoms with E-state index in [9.17, 15) is 14.7 Å². The number of hydrogen-bond donors (Lipinski definition) is 1. The molecule has 1 fully saturated rings. The molecule has 1 atom stereocenters. The summed E-state index contributed by atoms with van der Waals surface area (Å²) < 4.78 is 10.6. The van der Waals surface area contributed by atoms with Gasteiger partial charge in [-0.3, -0.25) is 9.59 Å². The van der Waals surface area contributed by atoms with E-state index in [1.165, 1.54) is 18.9 Å². The van der Waals surface area contributed by atoms with Crippen LogP contribution in [0.25, 0.3) is 0 Å². The lowest BCUT2D eigenvalue weighted by Gasteiger charge is -2.27. The Labute approximate surface area is 201 Å². The fraction of sp³-hybridized carbons (Fsp3) is 0.556. The van der Waals surface area contributed by atoms with Crippen molar-refractivity contribution in [2.24, 2.45) is 11.8 Å². The summed E-state index contributed by atoms with van der Waals surface area (Å²) >= 11 is 1.40. The van der Waals surface area contributed by atoms with E-state index in [4.69, 9.17) is 9.47 Å². The minimum absolute atomic E-state index is 0.0327. The van der Waals surface area contributed by atoms with Gasteiger partial charge in [0.25, 0.3) is 0 Å². The number of carbonyl (C=O) groups excluding carboxylic acids is 2. The fourth-order valence-corrected chi connectivity index (χ4v) is 5.45. The third kappa shape index (κ3) is 6.97. The number of benzene rings is 1. The number of para-hydroxylation sites is 1. The molecule has 1 saturated carbocycles. The second kappa shape index (κ2) is 12.4. The molecule has 1 N–H and O–H groups in total. The maximum Gasteiger partial charge on any atom is 0.308 e. The molecule has 0 heterocycles. The van der Waals surface area contributed by atoms with Crippen LogP contribution in [0.1, 0.15) is 57.8 Å². The number of unbranched alkanes of at least 4 members (excludes halogenated alkanes) is 1. The van der Waals surface area contributed by atoms with E-state index >= 15 is 0 Å². The molecule has 0 saturated heterocycles. The van der Waals surface area contributed by atoms with Crippen LogP contribution in [0.2, 0.25) is 0 Å². The SMILES string of the molecule is COC(=O)C1CCC(CC/C=C2\C(=O)C(SC)=CC2(O)CCCCOc2ccccc2)CC1. The lowest BCUT2D eigenvalue weighted by Crippen LogP contribution is -2.28. The molecule has 5 nitrogen and oxygen atoms in total. The molecule has 2 aliphatic rings. The minimum Gasteiger partial charge on any atom is -0.494 e. The molecule has 0 spiro atoms. The summed E-state index contributed by atoms with van der Waals surface area (Å²) in [5.41, 5.74) is -0.663.